The Labute approximate surface area is 188 Å². The Kier molecular flexibility index (Phi) is 5.66. The van der Waals surface area contributed by atoms with Gasteiger partial charge in [0.25, 0.3) is 0 Å². The number of likely N-dealkylation sites (N-methyl/N-ethyl adjacent to an activating group) is 1. The van der Waals surface area contributed by atoms with Crippen LogP contribution in [0, 0.1) is 6.92 Å². The fourth-order valence-corrected chi connectivity index (χ4v) is 4.91. The highest BCUT2D eigenvalue weighted by Crippen LogP contribution is 2.30. The fourth-order valence-electron chi connectivity index (χ4n) is 4.91. The number of nitrogens with zero attached hydrogens (tertiary/aromatic N) is 4. The van der Waals surface area contributed by atoms with Crippen molar-refractivity contribution < 1.29 is 4.79 Å². The molecule has 2 aliphatic heterocycles. The average molecular weight is 431 g/mol. The largest absolute Gasteiger partial charge is 0.333 e. The van der Waals surface area contributed by atoms with Gasteiger partial charge in [-0.15, -0.1) is 0 Å². The zero-order valence-electron chi connectivity index (χ0n) is 18.7. The first-order chi connectivity index (χ1) is 15.6. The number of amides is 2. The van der Waals surface area contributed by atoms with Gasteiger partial charge in [0.15, 0.2) is 0 Å². The zero-order valence-corrected chi connectivity index (χ0v) is 18.7. The number of carbonyl (C=O) groups excluding carboxylic acids is 1. The third-order valence-corrected chi connectivity index (χ3v) is 6.83. The lowest BCUT2D eigenvalue weighted by Gasteiger charge is -2.30. The van der Waals surface area contributed by atoms with Crippen molar-refractivity contribution in [1.82, 2.24) is 30.3 Å². The van der Waals surface area contributed by atoms with Crippen molar-refractivity contribution in [3.63, 3.8) is 0 Å². The standard InChI is InChI=1S/C25H30N6O/c1-3-30-14-20(18-6-4-17(2)5-7-18)23(16-30)27-25(32)31-13-10-22-21(15-31)24(29-28-22)19-8-11-26-12-9-19/h4-9,11-12,20,23H,3,10,13-16H2,1-2H3,(H,27,32)(H,28,29)/t20-,23+/m1/s1. The molecule has 2 aliphatic rings. The second-order valence-corrected chi connectivity index (χ2v) is 8.86. The SMILES string of the molecule is CCN1C[C@H](NC(=O)N2CCc3[nH]nc(-c4ccncc4)c3C2)[C@@H](c2ccc(C)cc2)C1. The highest BCUT2D eigenvalue weighted by atomic mass is 16.2. The van der Waals surface area contributed by atoms with Crippen LogP contribution in [0.5, 0.6) is 0 Å². The Hall–Kier alpha value is -3.19. The molecule has 0 spiro atoms. The van der Waals surface area contributed by atoms with Crippen molar-refractivity contribution in [2.75, 3.05) is 26.2 Å². The van der Waals surface area contributed by atoms with Gasteiger partial charge in [-0.05, 0) is 31.2 Å². The number of aryl methyl sites for hydroxylation is 1. The monoisotopic (exact) mass is 430 g/mol. The van der Waals surface area contributed by atoms with Gasteiger partial charge in [-0.2, -0.15) is 5.10 Å². The maximum Gasteiger partial charge on any atom is 0.317 e. The topological polar surface area (TPSA) is 77.2 Å². The van der Waals surface area contributed by atoms with Crippen LogP contribution in [0.15, 0.2) is 48.8 Å². The van der Waals surface area contributed by atoms with Crippen molar-refractivity contribution in [2.45, 2.75) is 38.8 Å². The lowest BCUT2D eigenvalue weighted by molar-refractivity contribution is 0.187. The summed E-state index contributed by atoms with van der Waals surface area (Å²) in [6, 6.07) is 12.8. The number of urea groups is 1. The molecule has 2 aromatic heterocycles. The van der Waals surface area contributed by atoms with Crippen LogP contribution in [0.3, 0.4) is 0 Å². The smallest absolute Gasteiger partial charge is 0.317 e. The predicted molar refractivity (Wildman–Crippen MR) is 124 cm³/mol. The molecule has 1 saturated heterocycles. The maximum absolute atomic E-state index is 13.3. The molecule has 7 heteroatoms. The first kappa shape index (κ1) is 20.7. The summed E-state index contributed by atoms with van der Waals surface area (Å²) >= 11 is 0. The summed E-state index contributed by atoms with van der Waals surface area (Å²) in [4.78, 5) is 21.8. The molecule has 4 heterocycles. The van der Waals surface area contributed by atoms with Crippen LogP contribution in [0.25, 0.3) is 11.3 Å². The second-order valence-electron chi connectivity index (χ2n) is 8.86. The number of nitrogens with one attached hydrogen (secondary N) is 2. The van der Waals surface area contributed by atoms with Crippen molar-refractivity contribution in [3.8, 4) is 11.3 Å². The minimum atomic E-state index is 0.0117. The fraction of sp³-hybridized carbons (Fsp3) is 0.400. The Bertz CT molecular complexity index is 1080. The van der Waals surface area contributed by atoms with E-state index in [1.54, 1.807) is 12.4 Å². The number of H-pyrrole nitrogens is 1. The van der Waals surface area contributed by atoms with Crippen molar-refractivity contribution >= 4 is 6.03 Å². The van der Waals surface area contributed by atoms with Gasteiger partial charge in [-0.1, -0.05) is 36.8 Å². The van der Waals surface area contributed by atoms with Gasteiger partial charge in [-0.3, -0.25) is 10.1 Å². The number of fused-ring (bicyclic) bond motifs is 1. The van der Waals surface area contributed by atoms with Gasteiger partial charge >= 0.3 is 6.03 Å². The number of aromatic amines is 1. The van der Waals surface area contributed by atoms with Crippen LogP contribution in [-0.2, 0) is 13.0 Å². The Morgan fingerprint density at radius 2 is 1.94 bits per heavy atom. The van der Waals surface area contributed by atoms with Gasteiger partial charge in [0.05, 0.1) is 18.3 Å². The number of likely N-dealkylation sites (tertiary alicyclic amines) is 1. The normalized spacial score (nSPS) is 20.9. The maximum atomic E-state index is 13.3. The van der Waals surface area contributed by atoms with E-state index in [0.29, 0.717) is 19.0 Å². The molecule has 5 rings (SSSR count). The van der Waals surface area contributed by atoms with Crippen molar-refractivity contribution in [1.29, 1.82) is 0 Å². The number of rotatable bonds is 4. The number of carbonyl (C=O) groups is 1. The second kappa shape index (κ2) is 8.74. The van der Waals surface area contributed by atoms with Crippen molar-refractivity contribution in [2.24, 2.45) is 0 Å². The number of benzene rings is 1. The van der Waals surface area contributed by atoms with Crippen LogP contribution in [0.4, 0.5) is 4.79 Å². The van der Waals surface area contributed by atoms with E-state index in [1.165, 1.54) is 11.1 Å². The number of aromatic nitrogens is 3. The summed E-state index contributed by atoms with van der Waals surface area (Å²) < 4.78 is 0. The van der Waals surface area contributed by atoms with Gasteiger partial charge in [-0.25, -0.2) is 4.79 Å². The highest BCUT2D eigenvalue weighted by Gasteiger charge is 2.35. The van der Waals surface area contributed by atoms with E-state index in [1.807, 2.05) is 17.0 Å². The molecule has 0 unspecified atom stereocenters. The Balaban J connectivity index is 1.32. The lowest BCUT2D eigenvalue weighted by Crippen LogP contribution is -2.48. The number of hydrogen-bond acceptors (Lipinski definition) is 4. The van der Waals surface area contributed by atoms with Gasteiger partial charge in [0.1, 0.15) is 0 Å². The molecule has 0 radical (unpaired) electrons. The first-order valence-corrected chi connectivity index (χ1v) is 11.4. The van der Waals surface area contributed by atoms with Crippen LogP contribution >= 0.6 is 0 Å². The molecule has 0 bridgehead atoms. The molecule has 7 nitrogen and oxygen atoms in total. The quantitative estimate of drug-likeness (QED) is 0.666. The highest BCUT2D eigenvalue weighted by molar-refractivity contribution is 5.76. The summed E-state index contributed by atoms with van der Waals surface area (Å²) in [5.74, 6) is 0.307. The summed E-state index contributed by atoms with van der Waals surface area (Å²) in [6.07, 6.45) is 4.33. The van der Waals surface area contributed by atoms with E-state index in [0.717, 1.165) is 48.6 Å². The summed E-state index contributed by atoms with van der Waals surface area (Å²) in [7, 11) is 0. The molecule has 0 saturated carbocycles. The first-order valence-electron chi connectivity index (χ1n) is 11.4. The Morgan fingerprint density at radius 1 is 1.16 bits per heavy atom. The van der Waals surface area contributed by atoms with Crippen molar-refractivity contribution in [3.05, 3.63) is 71.2 Å². The number of pyridine rings is 1. The molecule has 2 atom stereocenters. The minimum absolute atomic E-state index is 0.0117. The van der Waals surface area contributed by atoms with E-state index >= 15 is 0 Å². The Morgan fingerprint density at radius 3 is 2.69 bits per heavy atom. The van der Waals surface area contributed by atoms with E-state index in [4.69, 9.17) is 0 Å². The molecule has 32 heavy (non-hydrogen) atoms. The van der Waals surface area contributed by atoms with Gasteiger partial charge < -0.3 is 15.1 Å². The molecular weight excluding hydrogens is 400 g/mol. The van der Waals surface area contributed by atoms with Gasteiger partial charge in [0, 0.05) is 61.2 Å². The van der Waals surface area contributed by atoms with E-state index in [9.17, 15) is 4.79 Å². The molecule has 3 aromatic rings. The molecular formula is C25H30N6O. The summed E-state index contributed by atoms with van der Waals surface area (Å²) in [5, 5.41) is 11.1. The molecule has 2 N–H and O–H groups in total. The number of hydrogen-bond donors (Lipinski definition) is 2. The predicted octanol–water partition coefficient (Wildman–Crippen LogP) is 3.34. The summed E-state index contributed by atoms with van der Waals surface area (Å²) in [5.41, 5.74) is 6.72. The van der Waals surface area contributed by atoms with Crippen LogP contribution < -0.4 is 5.32 Å². The summed E-state index contributed by atoms with van der Waals surface area (Å²) in [6.45, 7) is 8.40. The minimum Gasteiger partial charge on any atom is -0.333 e. The van der Waals surface area contributed by atoms with Crippen LogP contribution in [0.1, 0.15) is 35.2 Å². The van der Waals surface area contributed by atoms with E-state index in [-0.39, 0.29) is 12.1 Å². The lowest BCUT2D eigenvalue weighted by atomic mass is 9.93. The van der Waals surface area contributed by atoms with Gasteiger partial charge in [0.2, 0.25) is 0 Å². The molecule has 1 fully saturated rings. The molecule has 1 aromatic carbocycles. The van der Waals surface area contributed by atoms with Crippen LogP contribution in [0.2, 0.25) is 0 Å². The molecule has 2 amide bonds. The van der Waals surface area contributed by atoms with E-state index in [2.05, 4.69) is 63.5 Å². The average Bonchev–Trinajstić information content (AvgIpc) is 3.44. The third kappa shape index (κ3) is 4.00. The zero-order chi connectivity index (χ0) is 22.1. The van der Waals surface area contributed by atoms with E-state index < -0.39 is 0 Å². The third-order valence-electron chi connectivity index (χ3n) is 6.83. The molecule has 166 valence electrons. The molecule has 0 aliphatic carbocycles. The van der Waals surface area contributed by atoms with Crippen LogP contribution in [-0.4, -0.2) is 63.2 Å².